The highest BCUT2D eigenvalue weighted by Gasteiger charge is 2.25. The summed E-state index contributed by atoms with van der Waals surface area (Å²) in [5.74, 6) is 1.75. The van der Waals surface area contributed by atoms with Gasteiger partial charge in [-0.3, -0.25) is 4.98 Å². The molecule has 0 spiro atoms. The van der Waals surface area contributed by atoms with Crippen LogP contribution in [0.5, 0.6) is 5.75 Å². The molecule has 5 aromatic rings. The predicted octanol–water partition coefficient (Wildman–Crippen LogP) is 4.60. The van der Waals surface area contributed by atoms with Crippen molar-refractivity contribution < 1.29 is 4.74 Å². The second kappa shape index (κ2) is 9.01. The highest BCUT2D eigenvalue weighted by atomic mass is 16.5. The maximum absolute atomic E-state index is 5.96. The largest absolute Gasteiger partial charge is 0.489 e. The van der Waals surface area contributed by atoms with Crippen molar-refractivity contribution >= 4 is 5.65 Å². The molecular weight excluding hydrogens is 428 g/mol. The van der Waals surface area contributed by atoms with Crippen molar-refractivity contribution in [1.29, 1.82) is 0 Å². The van der Waals surface area contributed by atoms with Crippen molar-refractivity contribution in [2.45, 2.75) is 44.6 Å². The van der Waals surface area contributed by atoms with Crippen molar-refractivity contribution in [1.82, 2.24) is 40.2 Å². The molecule has 1 N–H and O–H groups in total. The summed E-state index contributed by atoms with van der Waals surface area (Å²) in [5.41, 5.74) is 6.01. The van der Waals surface area contributed by atoms with Crippen LogP contribution in [0.4, 0.5) is 0 Å². The van der Waals surface area contributed by atoms with Crippen LogP contribution in [-0.2, 0) is 6.61 Å². The third-order valence-corrected chi connectivity index (χ3v) is 6.46. The van der Waals surface area contributed by atoms with Gasteiger partial charge in [0, 0.05) is 30.1 Å². The fourth-order valence-corrected chi connectivity index (χ4v) is 4.75. The molecule has 0 saturated heterocycles. The molecule has 9 heteroatoms. The van der Waals surface area contributed by atoms with Crippen LogP contribution in [0.1, 0.15) is 49.3 Å². The molecule has 0 atom stereocenters. The summed E-state index contributed by atoms with van der Waals surface area (Å²) >= 11 is 0. The van der Waals surface area contributed by atoms with Crippen molar-refractivity contribution in [2.75, 3.05) is 0 Å². The van der Waals surface area contributed by atoms with Gasteiger partial charge in [-0.25, -0.2) is 9.50 Å². The van der Waals surface area contributed by atoms with E-state index in [9.17, 15) is 0 Å². The Bertz CT molecular complexity index is 1370. The lowest BCUT2D eigenvalue weighted by molar-refractivity contribution is 0.306. The van der Waals surface area contributed by atoms with E-state index in [1.165, 1.54) is 25.0 Å². The Morgan fingerprint density at radius 2 is 1.76 bits per heavy atom. The normalized spacial score (nSPS) is 14.5. The number of hydrogen-bond donors (Lipinski definition) is 1. The summed E-state index contributed by atoms with van der Waals surface area (Å²) in [5, 5.41) is 19.2. The molecule has 1 aromatic carbocycles. The smallest absolute Gasteiger partial charge is 0.210 e. The van der Waals surface area contributed by atoms with Crippen LogP contribution >= 0.6 is 0 Å². The summed E-state index contributed by atoms with van der Waals surface area (Å²) in [4.78, 5) is 8.82. The number of aromatic nitrogens is 8. The number of hydrogen-bond acceptors (Lipinski definition) is 7. The van der Waals surface area contributed by atoms with E-state index in [0.717, 1.165) is 46.5 Å². The number of H-pyrrole nitrogens is 1. The Morgan fingerprint density at radius 1 is 0.941 bits per heavy atom. The average molecular weight is 453 g/mol. The standard InChI is InChI=1S/C25H24N8O/c1-2-4-19(5-3-1)23-21(14-27-25-22(15-28-33(23)25)24-29-31-32-30-24)18-6-8-20(9-7-18)34-16-17-10-12-26-13-11-17/h6-15,19H,1-5,16H2,(H,29,30,31,32). The molecule has 1 saturated carbocycles. The van der Waals surface area contributed by atoms with Crippen molar-refractivity contribution in [2.24, 2.45) is 0 Å². The van der Waals surface area contributed by atoms with E-state index in [4.69, 9.17) is 14.8 Å². The quantitative estimate of drug-likeness (QED) is 0.401. The fraction of sp³-hybridized carbons (Fsp3) is 0.280. The summed E-state index contributed by atoms with van der Waals surface area (Å²) in [6.07, 6.45) is 13.3. The van der Waals surface area contributed by atoms with Gasteiger partial charge in [-0.05, 0) is 53.4 Å². The third-order valence-electron chi connectivity index (χ3n) is 6.46. The molecule has 9 nitrogen and oxygen atoms in total. The molecule has 0 bridgehead atoms. The number of tetrazole rings is 1. The van der Waals surface area contributed by atoms with E-state index >= 15 is 0 Å². The minimum absolute atomic E-state index is 0.426. The van der Waals surface area contributed by atoms with Gasteiger partial charge in [0.1, 0.15) is 12.4 Å². The van der Waals surface area contributed by atoms with Gasteiger partial charge in [0.15, 0.2) is 5.65 Å². The molecule has 1 fully saturated rings. The van der Waals surface area contributed by atoms with E-state index in [0.29, 0.717) is 18.3 Å². The van der Waals surface area contributed by atoms with Gasteiger partial charge < -0.3 is 4.74 Å². The zero-order valence-corrected chi connectivity index (χ0v) is 18.6. The predicted molar refractivity (Wildman–Crippen MR) is 126 cm³/mol. The van der Waals surface area contributed by atoms with E-state index in [-0.39, 0.29) is 0 Å². The first kappa shape index (κ1) is 20.5. The van der Waals surface area contributed by atoms with Crippen LogP contribution in [-0.4, -0.2) is 40.2 Å². The van der Waals surface area contributed by atoms with Crippen molar-refractivity contribution in [3.05, 3.63) is 72.4 Å². The number of aromatic amines is 1. The monoisotopic (exact) mass is 452 g/mol. The number of fused-ring (bicyclic) bond motifs is 1. The summed E-state index contributed by atoms with van der Waals surface area (Å²) < 4.78 is 7.94. The molecule has 0 aliphatic heterocycles. The first-order chi connectivity index (χ1) is 16.9. The maximum atomic E-state index is 5.96. The van der Waals surface area contributed by atoms with Crippen LogP contribution in [0.15, 0.2) is 61.2 Å². The molecule has 0 unspecified atom stereocenters. The lowest BCUT2D eigenvalue weighted by Crippen LogP contribution is -2.12. The minimum atomic E-state index is 0.426. The Kier molecular flexibility index (Phi) is 5.42. The lowest BCUT2D eigenvalue weighted by Gasteiger charge is -2.25. The molecule has 0 amide bonds. The Morgan fingerprint density at radius 3 is 2.53 bits per heavy atom. The van der Waals surface area contributed by atoms with Crippen LogP contribution in [0, 0.1) is 0 Å². The molecule has 1 aliphatic carbocycles. The van der Waals surface area contributed by atoms with Crippen LogP contribution in [0.2, 0.25) is 0 Å². The van der Waals surface area contributed by atoms with E-state index in [2.05, 4.69) is 37.7 Å². The van der Waals surface area contributed by atoms with Crippen LogP contribution in [0.25, 0.3) is 28.2 Å². The van der Waals surface area contributed by atoms with Gasteiger partial charge in [-0.1, -0.05) is 31.4 Å². The zero-order chi connectivity index (χ0) is 22.7. The third kappa shape index (κ3) is 3.89. The van der Waals surface area contributed by atoms with Gasteiger partial charge in [0.25, 0.3) is 0 Å². The molecule has 4 aromatic heterocycles. The number of rotatable bonds is 6. The average Bonchev–Trinajstić information content (AvgIpc) is 3.58. The maximum Gasteiger partial charge on any atom is 0.210 e. The molecular formula is C25H24N8O. The summed E-state index contributed by atoms with van der Waals surface area (Å²) in [6.45, 7) is 0.509. The molecule has 34 heavy (non-hydrogen) atoms. The van der Waals surface area contributed by atoms with Crippen molar-refractivity contribution in [3.8, 4) is 28.3 Å². The zero-order valence-electron chi connectivity index (χ0n) is 18.6. The summed E-state index contributed by atoms with van der Waals surface area (Å²) in [7, 11) is 0. The van der Waals surface area contributed by atoms with Gasteiger partial charge >= 0.3 is 0 Å². The number of nitrogens with zero attached hydrogens (tertiary/aromatic N) is 7. The fourth-order valence-electron chi connectivity index (χ4n) is 4.75. The lowest BCUT2D eigenvalue weighted by atomic mass is 9.84. The number of benzene rings is 1. The topological polar surface area (TPSA) is 107 Å². The Hall–Kier alpha value is -4.14. The molecule has 170 valence electrons. The molecule has 6 rings (SSSR count). The first-order valence-corrected chi connectivity index (χ1v) is 11.6. The first-order valence-electron chi connectivity index (χ1n) is 11.6. The molecule has 0 radical (unpaired) electrons. The minimum Gasteiger partial charge on any atom is -0.489 e. The van der Waals surface area contributed by atoms with Gasteiger partial charge in [0.05, 0.1) is 17.5 Å². The number of pyridine rings is 1. The number of ether oxygens (including phenoxy) is 1. The molecule has 1 aliphatic rings. The van der Waals surface area contributed by atoms with Crippen molar-refractivity contribution in [3.63, 3.8) is 0 Å². The highest BCUT2D eigenvalue weighted by molar-refractivity contribution is 5.75. The van der Waals surface area contributed by atoms with E-state index in [1.807, 2.05) is 35.0 Å². The second-order valence-electron chi connectivity index (χ2n) is 8.59. The van der Waals surface area contributed by atoms with Gasteiger partial charge in [-0.2, -0.15) is 10.3 Å². The van der Waals surface area contributed by atoms with Gasteiger partial charge in [-0.15, -0.1) is 10.2 Å². The Labute approximate surface area is 196 Å². The Balaban J connectivity index is 1.36. The van der Waals surface area contributed by atoms with E-state index in [1.54, 1.807) is 18.6 Å². The van der Waals surface area contributed by atoms with Gasteiger partial charge in [0.2, 0.25) is 5.82 Å². The molecule has 4 heterocycles. The number of nitrogens with one attached hydrogen (secondary N) is 1. The van der Waals surface area contributed by atoms with Crippen LogP contribution < -0.4 is 4.74 Å². The van der Waals surface area contributed by atoms with E-state index < -0.39 is 0 Å². The van der Waals surface area contributed by atoms with Crippen LogP contribution in [0.3, 0.4) is 0 Å². The summed E-state index contributed by atoms with van der Waals surface area (Å²) in [6, 6.07) is 12.1. The second-order valence-corrected chi connectivity index (χ2v) is 8.59. The SMILES string of the molecule is c1cc(COc2ccc(-c3cnc4c(-c5nn[nH]n5)cnn4c3C3CCCCC3)cc2)ccn1. The highest BCUT2D eigenvalue weighted by Crippen LogP contribution is 2.39.